The summed E-state index contributed by atoms with van der Waals surface area (Å²) < 4.78 is 5.58. The van der Waals surface area contributed by atoms with Gasteiger partial charge in [-0.25, -0.2) is 0 Å². The van der Waals surface area contributed by atoms with Gasteiger partial charge in [0, 0.05) is 49.1 Å². The molecule has 1 aromatic rings. The maximum Gasteiger partial charge on any atom is 0.251 e. The Morgan fingerprint density at radius 2 is 1.92 bits per heavy atom. The Labute approximate surface area is 155 Å². The Bertz CT molecular complexity index is 576. The van der Waals surface area contributed by atoms with E-state index in [1.165, 1.54) is 30.6 Å². The number of nitrogens with zero attached hydrogens (tertiary/aromatic N) is 2. The van der Waals surface area contributed by atoms with Crippen molar-refractivity contribution in [3.63, 3.8) is 0 Å². The summed E-state index contributed by atoms with van der Waals surface area (Å²) in [6, 6.07) is 4.69. The van der Waals surface area contributed by atoms with E-state index in [1.54, 1.807) is 4.88 Å². The van der Waals surface area contributed by atoms with E-state index in [1.807, 2.05) is 16.2 Å². The molecular weight excluding hydrogens is 332 g/mol. The molecule has 3 aliphatic rings. The molecule has 2 aliphatic heterocycles. The quantitative estimate of drug-likeness (QED) is 0.820. The van der Waals surface area contributed by atoms with Gasteiger partial charge in [0.2, 0.25) is 0 Å². The molecule has 1 atom stereocenters. The van der Waals surface area contributed by atoms with Gasteiger partial charge in [-0.2, -0.15) is 0 Å². The van der Waals surface area contributed by atoms with Gasteiger partial charge >= 0.3 is 0 Å². The number of hydrogen-bond donors (Lipinski definition) is 0. The van der Waals surface area contributed by atoms with Crippen LogP contribution in [0.4, 0.5) is 0 Å². The summed E-state index contributed by atoms with van der Waals surface area (Å²) in [4.78, 5) is 20.2. The summed E-state index contributed by atoms with van der Waals surface area (Å²) in [6.45, 7) is 5.59. The summed E-state index contributed by atoms with van der Waals surface area (Å²) in [5.41, 5.74) is 0. The van der Waals surface area contributed by atoms with Gasteiger partial charge in [-0.15, -0.1) is 11.3 Å². The Morgan fingerprint density at radius 3 is 2.72 bits per heavy atom. The lowest BCUT2D eigenvalue weighted by Gasteiger charge is -2.24. The van der Waals surface area contributed by atoms with Crippen LogP contribution in [-0.4, -0.2) is 54.6 Å². The summed E-state index contributed by atoms with van der Waals surface area (Å²) in [7, 11) is 0. The highest BCUT2D eigenvalue weighted by molar-refractivity contribution is 7.12. The Balaban J connectivity index is 1.29. The van der Waals surface area contributed by atoms with E-state index in [4.69, 9.17) is 4.74 Å². The van der Waals surface area contributed by atoms with Crippen molar-refractivity contribution in [2.24, 2.45) is 0 Å². The van der Waals surface area contributed by atoms with Gasteiger partial charge in [0.15, 0.2) is 0 Å². The zero-order chi connectivity index (χ0) is 17.1. The van der Waals surface area contributed by atoms with Crippen LogP contribution in [0.3, 0.4) is 0 Å². The second-order valence-corrected chi connectivity index (χ2v) is 8.94. The lowest BCUT2D eigenvalue weighted by Crippen LogP contribution is -2.41. The molecule has 3 heterocycles. The summed E-state index contributed by atoms with van der Waals surface area (Å²) in [5, 5.41) is 0. The molecule has 0 N–H and O–H groups in total. The van der Waals surface area contributed by atoms with Gasteiger partial charge in [-0.1, -0.05) is 12.8 Å². The van der Waals surface area contributed by atoms with Crippen LogP contribution in [0.5, 0.6) is 0 Å². The van der Waals surface area contributed by atoms with Crippen LogP contribution in [0.2, 0.25) is 0 Å². The fourth-order valence-corrected chi connectivity index (χ4v) is 5.68. The topological polar surface area (TPSA) is 32.8 Å². The normalized spacial score (nSPS) is 26.2. The Hall–Kier alpha value is -0.910. The molecule has 25 heavy (non-hydrogen) atoms. The zero-order valence-electron chi connectivity index (χ0n) is 15.1. The third kappa shape index (κ3) is 4.26. The summed E-state index contributed by atoms with van der Waals surface area (Å²) in [6.07, 6.45) is 8.39. The molecular formula is C20H30N2O2S. The second-order valence-electron chi connectivity index (χ2n) is 7.74. The van der Waals surface area contributed by atoms with Gasteiger partial charge in [-0.05, 0) is 50.2 Å². The highest BCUT2D eigenvalue weighted by atomic mass is 32.1. The first-order valence-corrected chi connectivity index (χ1v) is 10.8. The van der Waals surface area contributed by atoms with Crippen molar-refractivity contribution in [3.8, 4) is 0 Å². The number of hydrogen-bond acceptors (Lipinski definition) is 4. The minimum Gasteiger partial charge on any atom is -0.368 e. The lowest BCUT2D eigenvalue weighted by atomic mass is 10.1. The molecule has 3 fully saturated rings. The largest absolute Gasteiger partial charge is 0.368 e. The summed E-state index contributed by atoms with van der Waals surface area (Å²) >= 11 is 2.02. The van der Waals surface area contributed by atoms with Crippen LogP contribution in [0.1, 0.15) is 60.6 Å². The van der Waals surface area contributed by atoms with E-state index in [0.29, 0.717) is 0 Å². The third-order valence-electron chi connectivity index (χ3n) is 5.92. The van der Waals surface area contributed by atoms with Crippen molar-refractivity contribution < 1.29 is 9.53 Å². The molecule has 2 saturated heterocycles. The maximum absolute atomic E-state index is 12.6. The standard InChI is InChI=1S/C20H30N2O2S/c23-20(18-7-3-14-24-18)22-11-4-10-21(12-13-22)15-17-8-9-19(25-17)16-5-1-2-6-16/h8-9,16,18H,1-7,10-15H2/t18-/m1/s1. The van der Waals surface area contributed by atoms with Gasteiger partial charge < -0.3 is 9.64 Å². The van der Waals surface area contributed by atoms with Crippen molar-refractivity contribution in [1.29, 1.82) is 0 Å². The molecule has 0 bridgehead atoms. The van der Waals surface area contributed by atoms with E-state index in [2.05, 4.69) is 17.0 Å². The molecule has 1 aromatic heterocycles. The van der Waals surface area contributed by atoms with Crippen molar-refractivity contribution in [2.45, 2.75) is 63.5 Å². The van der Waals surface area contributed by atoms with Gasteiger partial charge in [0.1, 0.15) is 6.10 Å². The molecule has 0 unspecified atom stereocenters. The monoisotopic (exact) mass is 362 g/mol. The van der Waals surface area contributed by atoms with Crippen LogP contribution in [-0.2, 0) is 16.1 Å². The zero-order valence-corrected chi connectivity index (χ0v) is 15.9. The fourth-order valence-electron chi connectivity index (χ4n) is 4.46. The fraction of sp³-hybridized carbons (Fsp3) is 0.750. The molecule has 4 nitrogen and oxygen atoms in total. The van der Waals surface area contributed by atoms with E-state index >= 15 is 0 Å². The van der Waals surface area contributed by atoms with E-state index in [0.717, 1.165) is 64.5 Å². The average Bonchev–Trinajstić information content (AvgIpc) is 3.36. The van der Waals surface area contributed by atoms with E-state index in [9.17, 15) is 4.79 Å². The minimum atomic E-state index is -0.169. The highest BCUT2D eigenvalue weighted by Gasteiger charge is 2.29. The van der Waals surface area contributed by atoms with Crippen molar-refractivity contribution in [1.82, 2.24) is 9.80 Å². The molecule has 0 radical (unpaired) electrons. The third-order valence-corrected chi connectivity index (χ3v) is 7.16. The molecule has 138 valence electrons. The van der Waals surface area contributed by atoms with Crippen molar-refractivity contribution in [3.05, 3.63) is 21.9 Å². The van der Waals surface area contributed by atoms with Crippen LogP contribution >= 0.6 is 11.3 Å². The molecule has 0 spiro atoms. The van der Waals surface area contributed by atoms with Crippen molar-refractivity contribution >= 4 is 17.2 Å². The van der Waals surface area contributed by atoms with Crippen molar-refractivity contribution in [2.75, 3.05) is 32.8 Å². The van der Waals surface area contributed by atoms with Crippen LogP contribution in [0, 0.1) is 0 Å². The number of carbonyl (C=O) groups is 1. The van der Waals surface area contributed by atoms with Gasteiger partial charge in [0.25, 0.3) is 5.91 Å². The maximum atomic E-state index is 12.6. The first kappa shape index (κ1) is 17.5. The Morgan fingerprint density at radius 1 is 1.04 bits per heavy atom. The predicted molar refractivity (Wildman–Crippen MR) is 101 cm³/mol. The molecule has 4 rings (SSSR count). The van der Waals surface area contributed by atoms with Gasteiger partial charge in [-0.3, -0.25) is 9.69 Å². The van der Waals surface area contributed by atoms with E-state index in [-0.39, 0.29) is 12.0 Å². The molecule has 0 aromatic carbocycles. The number of carbonyl (C=O) groups excluding carboxylic acids is 1. The summed E-state index contributed by atoms with van der Waals surface area (Å²) in [5.74, 6) is 1.04. The molecule has 1 amide bonds. The number of amides is 1. The molecule has 1 aliphatic carbocycles. The first-order valence-electron chi connectivity index (χ1n) is 10.0. The van der Waals surface area contributed by atoms with Crippen LogP contribution in [0.25, 0.3) is 0 Å². The highest BCUT2D eigenvalue weighted by Crippen LogP contribution is 2.37. The average molecular weight is 363 g/mol. The van der Waals surface area contributed by atoms with E-state index < -0.39 is 0 Å². The number of thiophene rings is 1. The van der Waals surface area contributed by atoms with Gasteiger partial charge in [0.05, 0.1) is 0 Å². The minimum absolute atomic E-state index is 0.169. The lowest BCUT2D eigenvalue weighted by molar-refractivity contribution is -0.140. The number of rotatable bonds is 4. The smallest absolute Gasteiger partial charge is 0.251 e. The van der Waals surface area contributed by atoms with Crippen LogP contribution in [0.15, 0.2) is 12.1 Å². The first-order chi connectivity index (χ1) is 12.3. The predicted octanol–water partition coefficient (Wildman–Crippen LogP) is 3.62. The SMILES string of the molecule is O=C([C@H]1CCCO1)N1CCCN(Cc2ccc(C3CCCC3)s2)CC1. The van der Waals surface area contributed by atoms with Crippen LogP contribution < -0.4 is 0 Å². The molecule has 5 heteroatoms. The Kier molecular flexibility index (Phi) is 5.73. The second kappa shape index (κ2) is 8.19. The molecule has 1 saturated carbocycles. The number of ether oxygens (including phenoxy) is 1.